The summed E-state index contributed by atoms with van der Waals surface area (Å²) in [5, 5.41) is 0. The third kappa shape index (κ3) is 7.55. The number of ether oxygens (including phenoxy) is 3. The predicted octanol–water partition coefficient (Wildman–Crippen LogP) is 4.16. The summed E-state index contributed by atoms with van der Waals surface area (Å²) in [5.74, 6) is 0.391. The summed E-state index contributed by atoms with van der Waals surface area (Å²) in [5.41, 5.74) is 4.73. The van der Waals surface area contributed by atoms with Crippen molar-refractivity contribution in [2.45, 2.75) is 65.6 Å². The van der Waals surface area contributed by atoms with E-state index in [-0.39, 0.29) is 5.97 Å². The normalized spacial score (nSPS) is 14.1. The average molecular weight is 543 g/mol. The Bertz CT molecular complexity index is 1510. The fourth-order valence-electron chi connectivity index (χ4n) is 4.71. The fourth-order valence-corrected chi connectivity index (χ4v) is 4.71. The van der Waals surface area contributed by atoms with Crippen LogP contribution in [-0.2, 0) is 32.1 Å². The number of rotatable bonds is 9. The first-order chi connectivity index (χ1) is 19.1. The van der Waals surface area contributed by atoms with Crippen LogP contribution in [0.15, 0.2) is 77.0 Å². The molecule has 0 atom stereocenters. The van der Waals surface area contributed by atoms with Gasteiger partial charge < -0.3 is 23.3 Å². The van der Waals surface area contributed by atoms with Crippen molar-refractivity contribution >= 4 is 36.4 Å². The van der Waals surface area contributed by atoms with Gasteiger partial charge in [-0.25, -0.2) is 9.59 Å². The van der Waals surface area contributed by atoms with Crippen molar-refractivity contribution in [3.63, 3.8) is 0 Å². The Morgan fingerprint density at radius 2 is 1.80 bits per heavy atom. The van der Waals surface area contributed by atoms with E-state index >= 15 is 0 Å². The van der Waals surface area contributed by atoms with E-state index in [9.17, 15) is 9.59 Å². The minimum absolute atomic E-state index is 0.290. The Morgan fingerprint density at radius 1 is 1.05 bits per heavy atom. The number of hydrogen-bond donors (Lipinski definition) is 0. The summed E-state index contributed by atoms with van der Waals surface area (Å²) in [6.45, 7) is 9.21. The van der Waals surface area contributed by atoms with Crippen LogP contribution in [0.3, 0.4) is 0 Å². The first-order valence-corrected chi connectivity index (χ1v) is 13.9. The number of aromatic nitrogens is 2. The lowest BCUT2D eigenvalue weighted by atomic mass is 9.94. The van der Waals surface area contributed by atoms with Gasteiger partial charge in [0.2, 0.25) is 5.62 Å². The van der Waals surface area contributed by atoms with E-state index in [1.165, 1.54) is 5.46 Å². The molecule has 1 amide bonds. The molecule has 1 aromatic heterocycles. The number of carbonyl (C=O) groups is 2. The molecule has 0 fully saturated rings. The Morgan fingerprint density at radius 3 is 2.50 bits per heavy atom. The number of nitrogens with zero attached hydrogens (tertiary/aromatic N) is 3. The van der Waals surface area contributed by atoms with E-state index in [0.717, 1.165) is 23.0 Å². The minimum atomic E-state index is -0.656. The van der Waals surface area contributed by atoms with E-state index < -0.39 is 11.7 Å². The summed E-state index contributed by atoms with van der Waals surface area (Å²) in [6.07, 6.45) is 5.19. The van der Waals surface area contributed by atoms with Crippen LogP contribution in [0.5, 0.6) is 0 Å². The number of amides is 1. The zero-order chi connectivity index (χ0) is 28.7. The van der Waals surface area contributed by atoms with Gasteiger partial charge in [0.15, 0.2) is 0 Å². The van der Waals surface area contributed by atoms with Crippen molar-refractivity contribution in [3.05, 3.63) is 83.2 Å². The van der Waals surface area contributed by atoms with Crippen molar-refractivity contribution in [1.82, 2.24) is 9.13 Å². The third-order valence-corrected chi connectivity index (χ3v) is 6.36. The molecule has 0 N–H and O–H groups in total. The molecule has 3 aromatic rings. The average Bonchev–Trinajstić information content (AvgIpc) is 3.17. The van der Waals surface area contributed by atoms with Gasteiger partial charge >= 0.3 is 12.1 Å². The highest BCUT2D eigenvalue weighted by molar-refractivity contribution is 6.32. The molecule has 9 heteroatoms. The molecule has 2 aromatic carbocycles. The molecule has 1 aliphatic carbocycles. The summed E-state index contributed by atoms with van der Waals surface area (Å²) in [7, 11) is 2.07. The summed E-state index contributed by atoms with van der Waals surface area (Å²) < 4.78 is 20.8. The van der Waals surface area contributed by atoms with Crippen LogP contribution in [0, 0.1) is 0 Å². The lowest BCUT2D eigenvalue weighted by Crippen LogP contribution is -2.30. The van der Waals surface area contributed by atoms with Crippen LogP contribution < -0.4 is 11.1 Å². The fraction of sp³-hybridized carbons (Fsp3) is 0.387. The van der Waals surface area contributed by atoms with Crippen LogP contribution in [0.25, 0.3) is 11.0 Å². The lowest BCUT2D eigenvalue weighted by molar-refractivity contribution is -0.138. The summed E-state index contributed by atoms with van der Waals surface area (Å²) in [4.78, 5) is 29.5. The molecule has 1 heterocycles. The number of para-hydroxylation sites is 2. The maximum Gasteiger partial charge on any atom is 0.437 e. The summed E-state index contributed by atoms with van der Waals surface area (Å²) in [6, 6.07) is 16.4. The van der Waals surface area contributed by atoms with E-state index in [1.807, 2.05) is 61.7 Å². The van der Waals surface area contributed by atoms with Gasteiger partial charge in [-0.3, -0.25) is 0 Å². The third-order valence-electron chi connectivity index (χ3n) is 6.36. The van der Waals surface area contributed by atoms with E-state index in [2.05, 4.69) is 35.6 Å². The highest BCUT2D eigenvalue weighted by atomic mass is 16.6. The first kappa shape index (κ1) is 29.0. The van der Waals surface area contributed by atoms with Gasteiger partial charge in [0, 0.05) is 12.1 Å². The predicted molar refractivity (Wildman–Crippen MR) is 158 cm³/mol. The van der Waals surface area contributed by atoms with Gasteiger partial charge in [0.05, 0.1) is 30.8 Å². The van der Waals surface area contributed by atoms with E-state index in [0.29, 0.717) is 56.1 Å². The second-order valence-electron chi connectivity index (χ2n) is 10.8. The molecule has 1 aliphatic rings. The Kier molecular flexibility index (Phi) is 9.35. The molecule has 4 rings (SSSR count). The number of esters is 1. The second-order valence-corrected chi connectivity index (χ2v) is 10.8. The monoisotopic (exact) mass is 543 g/mol. The van der Waals surface area contributed by atoms with Crippen LogP contribution >= 0.6 is 0 Å². The molecule has 0 saturated heterocycles. The maximum absolute atomic E-state index is 12.9. The number of benzene rings is 2. The van der Waals surface area contributed by atoms with Crippen LogP contribution in [0.2, 0.25) is 0 Å². The van der Waals surface area contributed by atoms with Crippen molar-refractivity contribution in [3.8, 4) is 0 Å². The van der Waals surface area contributed by atoms with Gasteiger partial charge in [0.1, 0.15) is 19.2 Å². The van der Waals surface area contributed by atoms with Gasteiger partial charge in [-0.05, 0) is 76.8 Å². The molecule has 0 aliphatic heterocycles. The first-order valence-electron chi connectivity index (χ1n) is 13.9. The topological polar surface area (TPSA) is 84.0 Å². The zero-order valence-electron chi connectivity index (χ0n) is 24.1. The molecule has 40 heavy (non-hydrogen) atoms. The number of fused-ring (bicyclic) bond motifs is 1. The standard InChI is InChI=1S/C31H38BN3O5/c1-5-38-28(36)23-12-9-14-25(20-23)39-18-10-17-34-26-15-6-7-16-27(26)35(21-22-11-8-13-24(32)19-22)29(34)33-30(37)40-31(2,3)4/h6-8,11,13-16,19-20H,5,9-10,12,17-18,21,32H2,1-4H3/b33-29+. The molecule has 0 radical (unpaired) electrons. The molecular weight excluding hydrogens is 505 g/mol. The number of allylic oxidation sites excluding steroid dienone is 2. The molecule has 0 bridgehead atoms. The van der Waals surface area contributed by atoms with Crippen LogP contribution in [0.4, 0.5) is 4.79 Å². The Balaban J connectivity index is 1.62. The summed E-state index contributed by atoms with van der Waals surface area (Å²) >= 11 is 0. The molecule has 210 valence electrons. The largest absolute Gasteiger partial charge is 0.494 e. The number of imidazole rings is 1. The lowest BCUT2D eigenvalue weighted by Gasteiger charge is -2.17. The Hall–Kier alpha value is -4.01. The molecule has 8 nitrogen and oxygen atoms in total. The highest BCUT2D eigenvalue weighted by Gasteiger charge is 2.19. The molecule has 0 unspecified atom stereocenters. The molecular formula is C31H38BN3O5. The minimum Gasteiger partial charge on any atom is -0.494 e. The smallest absolute Gasteiger partial charge is 0.437 e. The Labute approximate surface area is 236 Å². The van der Waals surface area contributed by atoms with Crippen LogP contribution in [0.1, 0.15) is 52.5 Å². The van der Waals surface area contributed by atoms with Crippen molar-refractivity contribution < 1.29 is 23.8 Å². The van der Waals surface area contributed by atoms with Gasteiger partial charge in [-0.1, -0.05) is 41.9 Å². The van der Waals surface area contributed by atoms with Crippen molar-refractivity contribution in [2.75, 3.05) is 13.2 Å². The van der Waals surface area contributed by atoms with Gasteiger partial charge in [0.25, 0.3) is 0 Å². The second kappa shape index (κ2) is 12.9. The molecule has 0 spiro atoms. The van der Waals surface area contributed by atoms with E-state index in [1.54, 1.807) is 13.0 Å². The van der Waals surface area contributed by atoms with Gasteiger partial charge in [-0.15, -0.1) is 4.99 Å². The SMILES string of the molecule is Bc1cccc(Cn2/c(=N/C(=O)OC(C)(C)C)n(CCCOC3=CCCC(C(=O)OCC)=C3)c3ccccc32)c1. The van der Waals surface area contributed by atoms with Crippen molar-refractivity contribution in [2.24, 2.45) is 4.99 Å². The quantitative estimate of drug-likeness (QED) is 0.230. The van der Waals surface area contributed by atoms with Gasteiger partial charge in [-0.2, -0.15) is 0 Å². The number of aryl methyl sites for hydroxylation is 1. The maximum atomic E-state index is 12.9. The zero-order valence-corrected chi connectivity index (χ0v) is 24.1. The van der Waals surface area contributed by atoms with Crippen molar-refractivity contribution in [1.29, 1.82) is 0 Å². The van der Waals surface area contributed by atoms with E-state index in [4.69, 9.17) is 14.2 Å². The molecule has 0 saturated carbocycles. The number of carbonyl (C=O) groups excluding carboxylic acids is 2. The number of hydrogen-bond acceptors (Lipinski definition) is 5. The van der Waals surface area contributed by atoms with Crippen LogP contribution in [-0.4, -0.2) is 47.9 Å². The highest BCUT2D eigenvalue weighted by Crippen LogP contribution is 2.20.